The number of carbonyl (C=O) groups is 2. The van der Waals surface area contributed by atoms with Crippen molar-refractivity contribution in [2.24, 2.45) is 5.10 Å². The van der Waals surface area contributed by atoms with Crippen LogP contribution in [0.15, 0.2) is 52.5 Å². The number of amides is 2. The summed E-state index contributed by atoms with van der Waals surface area (Å²) in [6.07, 6.45) is 1.53. The maximum Gasteiger partial charge on any atom is 0.260 e. The summed E-state index contributed by atoms with van der Waals surface area (Å²) in [5.41, 5.74) is 3.24. The first-order valence-electron chi connectivity index (χ1n) is 10.9. The molecule has 0 radical (unpaired) electrons. The summed E-state index contributed by atoms with van der Waals surface area (Å²) in [5, 5.41) is 4.02. The lowest BCUT2D eigenvalue weighted by Crippen LogP contribution is -2.43. The molecule has 10 heteroatoms. The van der Waals surface area contributed by atoms with Gasteiger partial charge in [-0.05, 0) is 55.0 Å². The standard InChI is InChI=1S/C24H29N3O6S/c1-3-32-22-14-18(4-9-21(22)33-16-24(29)27-10-12-31-13-11-27)15-25-26-23(28)17-34-20-7-5-19(30-2)6-8-20/h4-9,14-15H,3,10-13,16-17H2,1-2H3,(H,26,28)/b25-15+. The first kappa shape index (κ1) is 25.4. The molecule has 2 aromatic rings. The van der Waals surface area contributed by atoms with Gasteiger partial charge in [-0.1, -0.05) is 0 Å². The highest BCUT2D eigenvalue weighted by molar-refractivity contribution is 8.00. The zero-order valence-electron chi connectivity index (χ0n) is 19.3. The zero-order chi connectivity index (χ0) is 24.2. The van der Waals surface area contributed by atoms with Crippen LogP contribution in [-0.2, 0) is 14.3 Å². The van der Waals surface area contributed by atoms with Gasteiger partial charge < -0.3 is 23.8 Å². The van der Waals surface area contributed by atoms with E-state index < -0.39 is 0 Å². The molecule has 1 fully saturated rings. The van der Waals surface area contributed by atoms with Crippen LogP contribution in [0.2, 0.25) is 0 Å². The van der Waals surface area contributed by atoms with Crippen molar-refractivity contribution in [1.82, 2.24) is 10.3 Å². The summed E-state index contributed by atoms with van der Waals surface area (Å²) in [4.78, 5) is 27.1. The van der Waals surface area contributed by atoms with Crippen molar-refractivity contribution in [3.8, 4) is 17.2 Å². The van der Waals surface area contributed by atoms with Crippen molar-refractivity contribution < 1.29 is 28.5 Å². The topological polar surface area (TPSA) is 98.7 Å². The number of nitrogens with zero attached hydrogens (tertiary/aromatic N) is 2. The summed E-state index contributed by atoms with van der Waals surface area (Å²) < 4.78 is 21.8. The Hall–Kier alpha value is -3.24. The number of morpholine rings is 1. The average Bonchev–Trinajstić information content (AvgIpc) is 2.88. The maximum atomic E-state index is 12.3. The molecule has 0 aromatic heterocycles. The Morgan fingerprint density at radius 3 is 2.59 bits per heavy atom. The quantitative estimate of drug-likeness (QED) is 0.296. The molecule has 0 spiro atoms. The molecule has 34 heavy (non-hydrogen) atoms. The molecule has 0 saturated carbocycles. The maximum absolute atomic E-state index is 12.3. The van der Waals surface area contributed by atoms with Gasteiger partial charge in [0.25, 0.3) is 5.91 Å². The molecule has 2 amide bonds. The van der Waals surface area contributed by atoms with E-state index in [1.165, 1.54) is 18.0 Å². The normalized spacial score (nSPS) is 13.5. The highest BCUT2D eigenvalue weighted by Gasteiger charge is 2.18. The molecular weight excluding hydrogens is 458 g/mol. The van der Waals surface area contributed by atoms with Crippen LogP contribution in [0.3, 0.4) is 0 Å². The number of nitrogens with one attached hydrogen (secondary N) is 1. The van der Waals surface area contributed by atoms with Gasteiger partial charge in [-0.3, -0.25) is 9.59 Å². The third kappa shape index (κ3) is 7.96. The van der Waals surface area contributed by atoms with E-state index in [2.05, 4.69) is 10.5 Å². The molecular formula is C24H29N3O6S. The Morgan fingerprint density at radius 2 is 1.88 bits per heavy atom. The van der Waals surface area contributed by atoms with Crippen LogP contribution in [0, 0.1) is 0 Å². The van der Waals surface area contributed by atoms with Gasteiger partial charge in [0.1, 0.15) is 5.75 Å². The molecule has 0 atom stereocenters. The smallest absolute Gasteiger partial charge is 0.260 e. The second-order valence-corrected chi connectivity index (χ2v) is 8.23. The van der Waals surface area contributed by atoms with E-state index in [1.807, 2.05) is 31.2 Å². The molecule has 2 aromatic carbocycles. The molecule has 1 aliphatic heterocycles. The fourth-order valence-corrected chi connectivity index (χ4v) is 3.76. The minimum atomic E-state index is -0.219. The van der Waals surface area contributed by atoms with Crippen LogP contribution in [-0.4, -0.2) is 75.3 Å². The molecule has 0 bridgehead atoms. The molecule has 1 heterocycles. The Balaban J connectivity index is 1.49. The lowest BCUT2D eigenvalue weighted by atomic mass is 10.2. The van der Waals surface area contributed by atoms with Crippen LogP contribution in [0.5, 0.6) is 17.2 Å². The number of hydrogen-bond donors (Lipinski definition) is 1. The van der Waals surface area contributed by atoms with Gasteiger partial charge in [0, 0.05) is 18.0 Å². The van der Waals surface area contributed by atoms with Crippen LogP contribution < -0.4 is 19.6 Å². The third-order valence-electron chi connectivity index (χ3n) is 4.81. The molecule has 0 aliphatic carbocycles. The number of hydrogen-bond acceptors (Lipinski definition) is 8. The number of carbonyl (C=O) groups excluding carboxylic acids is 2. The number of methoxy groups -OCH3 is 1. The van der Waals surface area contributed by atoms with E-state index in [9.17, 15) is 9.59 Å². The number of ether oxygens (including phenoxy) is 4. The molecule has 1 aliphatic rings. The Bertz CT molecular complexity index is 977. The Kier molecular flexibility index (Phi) is 10.1. The second-order valence-electron chi connectivity index (χ2n) is 7.18. The van der Waals surface area contributed by atoms with Gasteiger partial charge in [0.2, 0.25) is 5.91 Å². The van der Waals surface area contributed by atoms with Crippen molar-refractivity contribution in [2.75, 3.05) is 52.4 Å². The largest absolute Gasteiger partial charge is 0.497 e. The van der Waals surface area contributed by atoms with Crippen LogP contribution in [0.1, 0.15) is 12.5 Å². The van der Waals surface area contributed by atoms with Crippen LogP contribution in [0.25, 0.3) is 0 Å². The van der Waals surface area contributed by atoms with Crippen molar-refractivity contribution in [2.45, 2.75) is 11.8 Å². The summed E-state index contributed by atoms with van der Waals surface area (Å²) >= 11 is 1.41. The molecule has 1 saturated heterocycles. The van der Waals surface area contributed by atoms with Crippen molar-refractivity contribution >= 4 is 29.8 Å². The van der Waals surface area contributed by atoms with Gasteiger partial charge in [-0.15, -0.1) is 11.8 Å². The second kappa shape index (κ2) is 13.5. The van der Waals surface area contributed by atoms with E-state index in [1.54, 1.807) is 30.2 Å². The molecule has 1 N–H and O–H groups in total. The fraction of sp³-hybridized carbons (Fsp3) is 0.375. The average molecular weight is 488 g/mol. The van der Waals surface area contributed by atoms with E-state index in [-0.39, 0.29) is 24.2 Å². The van der Waals surface area contributed by atoms with Gasteiger partial charge in [-0.2, -0.15) is 5.10 Å². The summed E-state index contributed by atoms with van der Waals surface area (Å²) in [6, 6.07) is 12.7. The highest BCUT2D eigenvalue weighted by atomic mass is 32.2. The molecule has 9 nitrogen and oxygen atoms in total. The third-order valence-corrected chi connectivity index (χ3v) is 5.83. The van der Waals surface area contributed by atoms with Crippen LogP contribution >= 0.6 is 11.8 Å². The fourth-order valence-electron chi connectivity index (χ4n) is 3.07. The van der Waals surface area contributed by atoms with Gasteiger partial charge >= 0.3 is 0 Å². The summed E-state index contributed by atoms with van der Waals surface area (Å²) in [7, 11) is 1.61. The zero-order valence-corrected chi connectivity index (χ0v) is 20.1. The van der Waals surface area contributed by atoms with E-state index in [0.717, 1.165) is 16.2 Å². The minimum Gasteiger partial charge on any atom is -0.497 e. The number of thioether (sulfide) groups is 1. The van der Waals surface area contributed by atoms with E-state index in [4.69, 9.17) is 18.9 Å². The predicted molar refractivity (Wildman–Crippen MR) is 130 cm³/mol. The number of hydrazone groups is 1. The van der Waals surface area contributed by atoms with Gasteiger partial charge in [-0.25, -0.2) is 5.43 Å². The van der Waals surface area contributed by atoms with Crippen molar-refractivity contribution in [3.05, 3.63) is 48.0 Å². The Labute approximate surface area is 203 Å². The first-order valence-corrected chi connectivity index (χ1v) is 11.9. The van der Waals surface area contributed by atoms with Crippen molar-refractivity contribution in [1.29, 1.82) is 0 Å². The summed E-state index contributed by atoms with van der Waals surface area (Å²) in [5.74, 6) is 1.67. The highest BCUT2D eigenvalue weighted by Crippen LogP contribution is 2.28. The predicted octanol–water partition coefficient (Wildman–Crippen LogP) is 2.57. The van der Waals surface area contributed by atoms with Crippen LogP contribution in [0.4, 0.5) is 0 Å². The van der Waals surface area contributed by atoms with Crippen molar-refractivity contribution in [3.63, 3.8) is 0 Å². The number of benzene rings is 2. The molecule has 3 rings (SSSR count). The first-order chi connectivity index (χ1) is 16.6. The minimum absolute atomic E-state index is 0.0740. The monoisotopic (exact) mass is 487 g/mol. The Morgan fingerprint density at radius 1 is 1.12 bits per heavy atom. The van der Waals surface area contributed by atoms with Gasteiger partial charge in [0.05, 0.1) is 38.9 Å². The van der Waals surface area contributed by atoms with E-state index in [0.29, 0.717) is 44.4 Å². The lowest BCUT2D eigenvalue weighted by Gasteiger charge is -2.26. The lowest BCUT2D eigenvalue weighted by molar-refractivity contribution is -0.137. The number of rotatable bonds is 11. The molecule has 0 unspecified atom stereocenters. The van der Waals surface area contributed by atoms with Gasteiger partial charge in [0.15, 0.2) is 18.1 Å². The summed E-state index contributed by atoms with van der Waals surface area (Å²) in [6.45, 7) is 4.45. The van der Waals surface area contributed by atoms with E-state index >= 15 is 0 Å². The molecule has 182 valence electrons. The SMILES string of the molecule is CCOc1cc(/C=N/NC(=O)CSc2ccc(OC)cc2)ccc1OCC(=O)N1CCOCC1.